The van der Waals surface area contributed by atoms with E-state index < -0.39 is 17.5 Å². The van der Waals surface area contributed by atoms with Crippen molar-refractivity contribution in [1.82, 2.24) is 5.32 Å². The van der Waals surface area contributed by atoms with Gasteiger partial charge < -0.3 is 14.6 Å². The second kappa shape index (κ2) is 7.32. The van der Waals surface area contributed by atoms with Crippen molar-refractivity contribution in [3.05, 3.63) is 58.5 Å². The Morgan fingerprint density at radius 3 is 2.67 bits per heavy atom. The van der Waals surface area contributed by atoms with Gasteiger partial charge in [-0.3, -0.25) is 4.79 Å². The standard InChI is InChI=1S/C17H17ClF2N2O2/c18-12-9-14(20)13(19)8-11(12)17(23)21-10-15(16-4-3-7-24-16)22-5-1-2-6-22/h3-4,7-9,15H,1-2,5-6,10H2,(H,21,23)/p+1/t15-/m1/s1. The van der Waals surface area contributed by atoms with E-state index in [1.807, 2.05) is 12.1 Å². The first-order valence-electron chi connectivity index (χ1n) is 7.87. The SMILES string of the molecule is O=C(NC[C@H](c1ccco1)[NH+]1CCCC1)c1cc(F)c(F)cc1Cl. The molecule has 7 heteroatoms. The molecule has 0 spiro atoms. The predicted molar refractivity (Wildman–Crippen MR) is 85.1 cm³/mol. The highest BCUT2D eigenvalue weighted by Gasteiger charge is 2.30. The van der Waals surface area contributed by atoms with Crippen molar-refractivity contribution < 1.29 is 22.9 Å². The lowest BCUT2D eigenvalue weighted by atomic mass is 10.1. The summed E-state index contributed by atoms with van der Waals surface area (Å²) in [5, 5.41) is 2.64. The summed E-state index contributed by atoms with van der Waals surface area (Å²) in [4.78, 5) is 13.6. The number of hydrogen-bond donors (Lipinski definition) is 2. The molecule has 0 radical (unpaired) electrons. The van der Waals surface area contributed by atoms with Gasteiger partial charge in [-0.1, -0.05) is 11.6 Å². The number of amides is 1. The lowest BCUT2D eigenvalue weighted by molar-refractivity contribution is -0.919. The minimum atomic E-state index is -1.10. The Bertz CT molecular complexity index is 716. The van der Waals surface area contributed by atoms with Gasteiger partial charge in [-0.2, -0.15) is 0 Å². The number of nitrogens with one attached hydrogen (secondary N) is 2. The summed E-state index contributed by atoms with van der Waals surface area (Å²) >= 11 is 5.85. The number of carbonyl (C=O) groups excluding carboxylic acids is 1. The van der Waals surface area contributed by atoms with Gasteiger partial charge >= 0.3 is 0 Å². The fraction of sp³-hybridized carbons (Fsp3) is 0.353. The Morgan fingerprint density at radius 2 is 2.00 bits per heavy atom. The summed E-state index contributed by atoms with van der Waals surface area (Å²) in [6.07, 6.45) is 3.87. The van der Waals surface area contributed by atoms with Gasteiger partial charge in [-0.05, 0) is 24.3 Å². The van der Waals surface area contributed by atoms with E-state index in [9.17, 15) is 13.6 Å². The Labute approximate surface area is 143 Å². The zero-order chi connectivity index (χ0) is 17.1. The van der Waals surface area contributed by atoms with E-state index in [4.69, 9.17) is 16.0 Å². The van der Waals surface area contributed by atoms with Crippen LogP contribution in [0.5, 0.6) is 0 Å². The van der Waals surface area contributed by atoms with Crippen molar-refractivity contribution in [3.63, 3.8) is 0 Å². The van der Waals surface area contributed by atoms with Gasteiger partial charge in [0.25, 0.3) is 5.91 Å². The molecule has 0 bridgehead atoms. The molecule has 3 rings (SSSR count). The highest BCUT2D eigenvalue weighted by Crippen LogP contribution is 2.20. The molecular weight excluding hydrogens is 338 g/mol. The van der Waals surface area contributed by atoms with Crippen molar-refractivity contribution in [2.75, 3.05) is 19.6 Å². The van der Waals surface area contributed by atoms with Gasteiger partial charge in [-0.25, -0.2) is 8.78 Å². The second-order valence-electron chi connectivity index (χ2n) is 5.89. The largest absolute Gasteiger partial charge is 0.463 e. The Balaban J connectivity index is 1.72. The first-order valence-corrected chi connectivity index (χ1v) is 8.25. The average Bonchev–Trinajstić information content (AvgIpc) is 3.25. The number of likely N-dealkylation sites (tertiary alicyclic amines) is 1. The molecule has 1 fully saturated rings. The van der Waals surface area contributed by atoms with Crippen LogP contribution < -0.4 is 10.2 Å². The smallest absolute Gasteiger partial charge is 0.253 e. The quantitative estimate of drug-likeness (QED) is 0.809. The monoisotopic (exact) mass is 355 g/mol. The molecule has 2 heterocycles. The Morgan fingerprint density at radius 1 is 1.29 bits per heavy atom. The highest BCUT2D eigenvalue weighted by molar-refractivity contribution is 6.33. The summed E-state index contributed by atoms with van der Waals surface area (Å²) in [6, 6.07) is 5.30. The fourth-order valence-corrected chi connectivity index (χ4v) is 3.34. The van der Waals surface area contributed by atoms with Gasteiger partial charge in [0.05, 0.1) is 36.5 Å². The second-order valence-corrected chi connectivity index (χ2v) is 6.30. The lowest BCUT2D eigenvalue weighted by Gasteiger charge is -2.23. The molecule has 1 atom stereocenters. The van der Waals surface area contributed by atoms with Crippen molar-refractivity contribution in [2.24, 2.45) is 0 Å². The first-order chi connectivity index (χ1) is 11.6. The van der Waals surface area contributed by atoms with Crippen LogP contribution >= 0.6 is 11.6 Å². The van der Waals surface area contributed by atoms with Crippen LogP contribution in [0.2, 0.25) is 5.02 Å². The zero-order valence-electron chi connectivity index (χ0n) is 13.0. The molecule has 128 valence electrons. The molecule has 2 aromatic rings. The maximum atomic E-state index is 13.4. The van der Waals surface area contributed by atoms with E-state index in [1.54, 1.807) is 6.26 Å². The van der Waals surface area contributed by atoms with Crippen LogP contribution in [-0.2, 0) is 0 Å². The van der Waals surface area contributed by atoms with E-state index in [2.05, 4.69) is 5.32 Å². The average molecular weight is 356 g/mol. The molecule has 0 unspecified atom stereocenters. The third-order valence-corrected chi connectivity index (χ3v) is 4.66. The molecule has 1 aliphatic rings. The molecule has 1 aliphatic heterocycles. The van der Waals surface area contributed by atoms with Crippen molar-refractivity contribution in [1.29, 1.82) is 0 Å². The molecule has 0 saturated carbocycles. The number of benzene rings is 1. The Hall–Kier alpha value is -1.92. The molecular formula is C17H18ClF2N2O2+. The van der Waals surface area contributed by atoms with Gasteiger partial charge in [0.1, 0.15) is 0 Å². The number of carbonyl (C=O) groups is 1. The zero-order valence-corrected chi connectivity index (χ0v) is 13.7. The number of hydrogen-bond acceptors (Lipinski definition) is 2. The van der Waals surface area contributed by atoms with E-state index in [-0.39, 0.29) is 16.6 Å². The van der Waals surface area contributed by atoms with Crippen LogP contribution in [0.25, 0.3) is 0 Å². The summed E-state index contributed by atoms with van der Waals surface area (Å²) < 4.78 is 32.0. The van der Waals surface area contributed by atoms with Gasteiger partial charge in [0, 0.05) is 12.8 Å². The molecule has 24 heavy (non-hydrogen) atoms. The van der Waals surface area contributed by atoms with Crippen molar-refractivity contribution >= 4 is 17.5 Å². The number of quaternary nitrogens is 1. The van der Waals surface area contributed by atoms with E-state index in [1.165, 1.54) is 4.90 Å². The van der Waals surface area contributed by atoms with Crippen LogP contribution in [0, 0.1) is 11.6 Å². The predicted octanol–water partition coefficient (Wildman–Crippen LogP) is 2.36. The number of halogens is 3. The van der Waals surface area contributed by atoms with Crippen molar-refractivity contribution in [2.45, 2.75) is 18.9 Å². The number of rotatable bonds is 5. The molecule has 4 nitrogen and oxygen atoms in total. The van der Waals surface area contributed by atoms with E-state index >= 15 is 0 Å². The summed E-state index contributed by atoms with van der Waals surface area (Å²) in [5.41, 5.74) is -0.0785. The summed E-state index contributed by atoms with van der Waals surface area (Å²) in [6.45, 7) is 2.34. The molecule has 2 N–H and O–H groups in total. The normalized spacial score (nSPS) is 16.3. The minimum absolute atomic E-state index is 0.0180. The maximum absolute atomic E-state index is 13.4. The first kappa shape index (κ1) is 16.9. The molecule has 0 aliphatic carbocycles. The van der Waals surface area contributed by atoms with Crippen LogP contribution in [0.15, 0.2) is 34.9 Å². The van der Waals surface area contributed by atoms with Gasteiger partial charge in [0.15, 0.2) is 23.4 Å². The van der Waals surface area contributed by atoms with Gasteiger partial charge in [-0.15, -0.1) is 0 Å². The third-order valence-electron chi connectivity index (χ3n) is 4.35. The molecule has 1 aromatic carbocycles. The fourth-order valence-electron chi connectivity index (χ4n) is 3.10. The van der Waals surface area contributed by atoms with Crippen LogP contribution in [0.1, 0.15) is 35.0 Å². The maximum Gasteiger partial charge on any atom is 0.253 e. The van der Waals surface area contributed by atoms with Crippen molar-refractivity contribution in [3.8, 4) is 0 Å². The molecule has 1 amide bonds. The number of furan rings is 1. The Kier molecular flexibility index (Phi) is 5.16. The molecule has 1 saturated heterocycles. The highest BCUT2D eigenvalue weighted by atomic mass is 35.5. The van der Waals surface area contributed by atoms with Crippen LogP contribution in [-0.4, -0.2) is 25.5 Å². The third kappa shape index (κ3) is 3.60. The van der Waals surface area contributed by atoms with Crippen LogP contribution in [0.3, 0.4) is 0 Å². The van der Waals surface area contributed by atoms with E-state index in [0.29, 0.717) is 6.54 Å². The minimum Gasteiger partial charge on any atom is -0.463 e. The van der Waals surface area contributed by atoms with E-state index in [0.717, 1.165) is 43.8 Å². The lowest BCUT2D eigenvalue weighted by Crippen LogP contribution is -3.11. The topological polar surface area (TPSA) is 46.7 Å². The molecule has 1 aromatic heterocycles. The summed E-state index contributed by atoms with van der Waals surface area (Å²) in [7, 11) is 0. The van der Waals surface area contributed by atoms with Crippen LogP contribution in [0.4, 0.5) is 8.78 Å². The van der Waals surface area contributed by atoms with Gasteiger partial charge in [0.2, 0.25) is 0 Å². The summed E-state index contributed by atoms with van der Waals surface area (Å²) in [5.74, 6) is -1.92.